The van der Waals surface area contributed by atoms with Gasteiger partial charge in [-0.2, -0.15) is 0 Å². The third kappa shape index (κ3) is 3.05. The summed E-state index contributed by atoms with van der Waals surface area (Å²) in [7, 11) is 0. The highest BCUT2D eigenvalue weighted by Crippen LogP contribution is 2.51. The molecule has 2 aliphatic rings. The minimum Gasteiger partial charge on any atom is -0.504 e. The highest BCUT2D eigenvalue weighted by atomic mass is 32.1. The van der Waals surface area contributed by atoms with Crippen LogP contribution in [0.2, 0.25) is 0 Å². The van der Waals surface area contributed by atoms with Crippen molar-refractivity contribution in [1.82, 2.24) is 4.90 Å². The molecule has 4 rings (SSSR count). The van der Waals surface area contributed by atoms with Gasteiger partial charge in [0, 0.05) is 18.0 Å². The number of aromatic hydroxyl groups is 2. The van der Waals surface area contributed by atoms with Gasteiger partial charge >= 0.3 is 0 Å². The average Bonchev–Trinajstić information content (AvgIpc) is 3.46. The number of hydrogen-bond acceptors (Lipinski definition) is 4. The van der Waals surface area contributed by atoms with Gasteiger partial charge in [-0.15, -0.1) is 12.6 Å². The molecule has 1 amide bonds. The topological polar surface area (TPSA) is 60.8 Å². The van der Waals surface area contributed by atoms with Gasteiger partial charge < -0.3 is 15.1 Å². The highest BCUT2D eigenvalue weighted by molar-refractivity contribution is 7.80. The number of carbonyl (C=O) groups excluding carboxylic acids is 1. The van der Waals surface area contributed by atoms with Gasteiger partial charge in [-0.25, -0.2) is 0 Å². The van der Waals surface area contributed by atoms with Crippen molar-refractivity contribution >= 4 is 18.5 Å². The Hall–Kier alpha value is -2.14. The quantitative estimate of drug-likeness (QED) is 0.569. The second-order valence-electron chi connectivity index (χ2n) is 7.44. The monoisotopic (exact) mass is 369 g/mol. The number of likely N-dealkylation sites (tertiary alicyclic amines) is 1. The molecule has 1 aliphatic heterocycles. The third-order valence-corrected chi connectivity index (χ3v) is 6.13. The molecule has 0 radical (unpaired) electrons. The van der Waals surface area contributed by atoms with E-state index in [0.717, 1.165) is 49.2 Å². The fraction of sp³-hybridized carbons (Fsp3) is 0.381. The van der Waals surface area contributed by atoms with Crippen LogP contribution in [-0.4, -0.2) is 34.1 Å². The van der Waals surface area contributed by atoms with E-state index in [-0.39, 0.29) is 17.4 Å². The Kier molecular flexibility index (Phi) is 4.35. The molecule has 1 heterocycles. The molecule has 26 heavy (non-hydrogen) atoms. The summed E-state index contributed by atoms with van der Waals surface area (Å²) in [5.74, 6) is 0.338. The lowest BCUT2D eigenvalue weighted by atomic mass is 9.87. The van der Waals surface area contributed by atoms with Gasteiger partial charge in [0.15, 0.2) is 11.5 Å². The minimum absolute atomic E-state index is 0.148. The molecule has 2 fully saturated rings. The highest BCUT2D eigenvalue weighted by Gasteiger charge is 2.53. The summed E-state index contributed by atoms with van der Waals surface area (Å²) >= 11 is 4.34. The molecule has 0 bridgehead atoms. The van der Waals surface area contributed by atoms with Crippen LogP contribution in [-0.2, 0) is 10.2 Å². The van der Waals surface area contributed by atoms with Crippen molar-refractivity contribution in [2.24, 2.45) is 0 Å². The molecule has 0 aromatic heterocycles. The molecule has 2 aromatic rings. The number of hydrogen-bond donors (Lipinski definition) is 3. The summed E-state index contributed by atoms with van der Waals surface area (Å²) in [6.07, 6.45) is 3.54. The summed E-state index contributed by atoms with van der Waals surface area (Å²) in [5.41, 5.74) is 1.62. The number of rotatable bonds is 3. The number of phenols is 2. The zero-order valence-corrected chi connectivity index (χ0v) is 15.5. The third-order valence-electron chi connectivity index (χ3n) is 5.83. The molecular weight excluding hydrogens is 346 g/mol. The molecule has 5 heteroatoms. The lowest BCUT2D eigenvalue weighted by molar-refractivity contribution is -0.135. The molecule has 2 N–H and O–H groups in total. The van der Waals surface area contributed by atoms with Crippen molar-refractivity contribution < 1.29 is 15.0 Å². The molecule has 0 spiro atoms. The van der Waals surface area contributed by atoms with E-state index in [1.807, 2.05) is 17.0 Å². The van der Waals surface area contributed by atoms with E-state index in [2.05, 4.69) is 24.8 Å². The molecule has 0 atom stereocenters. The van der Waals surface area contributed by atoms with Crippen LogP contribution in [0.5, 0.6) is 11.5 Å². The lowest BCUT2D eigenvalue weighted by Crippen LogP contribution is -2.43. The van der Waals surface area contributed by atoms with Crippen LogP contribution in [0, 0.1) is 0 Å². The number of amides is 1. The van der Waals surface area contributed by atoms with Crippen molar-refractivity contribution in [2.45, 2.75) is 41.9 Å². The first-order valence-electron chi connectivity index (χ1n) is 9.10. The standard InChI is InChI=1S/C21H23NO3S/c23-18-6-3-16(13-19(18)24)21(9-10-21)20(25)22-11-7-15(8-12-22)14-1-4-17(26)5-2-14/h1-6,13,15,23-24,26H,7-12H2. The van der Waals surface area contributed by atoms with Crippen LogP contribution in [0.15, 0.2) is 47.4 Å². The maximum Gasteiger partial charge on any atom is 0.233 e. The Labute approximate surface area is 158 Å². The van der Waals surface area contributed by atoms with Crippen LogP contribution >= 0.6 is 12.6 Å². The summed E-state index contributed by atoms with van der Waals surface area (Å²) < 4.78 is 0. The van der Waals surface area contributed by atoms with E-state index >= 15 is 0 Å². The van der Waals surface area contributed by atoms with Gasteiger partial charge in [-0.1, -0.05) is 18.2 Å². The van der Waals surface area contributed by atoms with Crippen molar-refractivity contribution in [3.63, 3.8) is 0 Å². The van der Waals surface area contributed by atoms with E-state index in [1.165, 1.54) is 17.7 Å². The second kappa shape index (κ2) is 6.54. The van der Waals surface area contributed by atoms with Crippen molar-refractivity contribution in [1.29, 1.82) is 0 Å². The Bertz CT molecular complexity index is 822. The predicted molar refractivity (Wildman–Crippen MR) is 103 cm³/mol. The van der Waals surface area contributed by atoms with E-state index in [0.29, 0.717) is 5.92 Å². The lowest BCUT2D eigenvalue weighted by Gasteiger charge is -2.35. The number of piperidine rings is 1. The van der Waals surface area contributed by atoms with Crippen LogP contribution in [0.1, 0.15) is 42.7 Å². The van der Waals surface area contributed by atoms with Gasteiger partial charge in [0.1, 0.15) is 0 Å². The van der Waals surface area contributed by atoms with Gasteiger partial charge in [0.05, 0.1) is 5.41 Å². The number of benzene rings is 2. The summed E-state index contributed by atoms with van der Waals surface area (Å²) in [4.78, 5) is 16.1. The van der Waals surface area contributed by atoms with Gasteiger partial charge in [-0.3, -0.25) is 4.79 Å². The van der Waals surface area contributed by atoms with E-state index in [1.54, 1.807) is 6.07 Å². The van der Waals surface area contributed by atoms with Gasteiger partial charge in [-0.05, 0) is 67.0 Å². The minimum atomic E-state index is -0.508. The smallest absolute Gasteiger partial charge is 0.233 e. The molecule has 136 valence electrons. The number of carbonyl (C=O) groups is 1. The molecule has 2 aromatic carbocycles. The van der Waals surface area contributed by atoms with Crippen molar-refractivity contribution in [3.05, 3.63) is 53.6 Å². The summed E-state index contributed by atoms with van der Waals surface area (Å²) in [6, 6.07) is 13.1. The first kappa shape index (κ1) is 17.3. The largest absolute Gasteiger partial charge is 0.504 e. The Morgan fingerprint density at radius 3 is 2.23 bits per heavy atom. The molecule has 4 nitrogen and oxygen atoms in total. The molecule has 1 saturated carbocycles. The Morgan fingerprint density at radius 2 is 1.65 bits per heavy atom. The number of nitrogens with zero attached hydrogens (tertiary/aromatic N) is 1. The first-order chi connectivity index (χ1) is 12.5. The SMILES string of the molecule is O=C(N1CCC(c2ccc(S)cc2)CC1)C1(c2ccc(O)c(O)c2)CC1. The number of phenolic OH excluding ortho intramolecular Hbond substituents is 2. The Morgan fingerprint density at radius 1 is 1.00 bits per heavy atom. The summed E-state index contributed by atoms with van der Waals surface area (Å²) in [6.45, 7) is 1.52. The zero-order chi connectivity index (χ0) is 18.3. The predicted octanol–water partition coefficient (Wildman–Crippen LogP) is 3.82. The fourth-order valence-electron chi connectivity index (χ4n) is 4.04. The van der Waals surface area contributed by atoms with Crippen LogP contribution in [0.3, 0.4) is 0 Å². The molecular formula is C21H23NO3S. The maximum atomic E-state index is 13.1. The summed E-state index contributed by atoms with van der Waals surface area (Å²) in [5, 5.41) is 19.3. The van der Waals surface area contributed by atoms with Crippen LogP contribution in [0.25, 0.3) is 0 Å². The second-order valence-corrected chi connectivity index (χ2v) is 7.96. The normalized spacial score (nSPS) is 19.3. The average molecular weight is 369 g/mol. The molecule has 1 saturated heterocycles. The van der Waals surface area contributed by atoms with Crippen LogP contribution in [0.4, 0.5) is 0 Å². The maximum absolute atomic E-state index is 13.1. The number of thiol groups is 1. The first-order valence-corrected chi connectivity index (χ1v) is 9.55. The van der Waals surface area contributed by atoms with E-state index < -0.39 is 5.41 Å². The van der Waals surface area contributed by atoms with E-state index in [9.17, 15) is 15.0 Å². The van der Waals surface area contributed by atoms with Crippen molar-refractivity contribution in [3.8, 4) is 11.5 Å². The van der Waals surface area contributed by atoms with Gasteiger partial charge in [0.25, 0.3) is 0 Å². The zero-order valence-electron chi connectivity index (χ0n) is 14.6. The van der Waals surface area contributed by atoms with Crippen LogP contribution < -0.4 is 0 Å². The van der Waals surface area contributed by atoms with Crippen molar-refractivity contribution in [2.75, 3.05) is 13.1 Å². The van der Waals surface area contributed by atoms with Gasteiger partial charge in [0.2, 0.25) is 5.91 Å². The Balaban J connectivity index is 1.45. The van der Waals surface area contributed by atoms with E-state index in [4.69, 9.17) is 0 Å². The fourth-order valence-corrected chi connectivity index (χ4v) is 4.19. The molecule has 1 aliphatic carbocycles. The molecule has 0 unspecified atom stereocenters.